The Hall–Kier alpha value is -0.650. The highest BCUT2D eigenvalue weighted by molar-refractivity contribution is 5.74. The summed E-state index contributed by atoms with van der Waals surface area (Å²) in [6.45, 7) is 6.34. The second-order valence-corrected chi connectivity index (χ2v) is 2.83. The number of unbranched alkanes of at least 4 members (excludes halogenated alkanes) is 1. The fraction of sp³-hybridized carbons (Fsp3) is 0.909. The van der Waals surface area contributed by atoms with Gasteiger partial charge in [-0.3, -0.25) is 4.79 Å². The van der Waals surface area contributed by atoms with Gasteiger partial charge in [0.05, 0.1) is 13.2 Å². The largest absolute Gasteiger partial charge is 0.385 e. The number of hydrogen-bond acceptors (Lipinski definition) is 4. The minimum Gasteiger partial charge on any atom is -0.385 e. The first-order valence-electron chi connectivity index (χ1n) is 5.70. The molecule has 0 saturated heterocycles. The molecule has 5 heteroatoms. The molecule has 5 nitrogen and oxygen atoms in total. The summed E-state index contributed by atoms with van der Waals surface area (Å²) >= 11 is 0. The fourth-order valence-electron chi connectivity index (χ4n) is 0.843. The fourth-order valence-corrected chi connectivity index (χ4v) is 0.843. The third kappa shape index (κ3) is 19.0. The summed E-state index contributed by atoms with van der Waals surface area (Å²) in [4.78, 5) is 10.2. The smallest absolute Gasteiger partial charge is 0.243 e. The maximum Gasteiger partial charge on any atom is 0.243 e. The van der Waals surface area contributed by atoms with Gasteiger partial charge in [-0.15, -0.1) is 0 Å². The highest BCUT2D eigenvalue weighted by atomic mass is 16.5. The number of nitrogens with two attached hydrogens (primary N) is 1. The Morgan fingerprint density at radius 2 is 1.56 bits per heavy atom. The van der Waals surface area contributed by atoms with Gasteiger partial charge >= 0.3 is 0 Å². The van der Waals surface area contributed by atoms with E-state index in [0.29, 0.717) is 19.8 Å². The molecule has 1 amide bonds. The third-order valence-electron chi connectivity index (χ3n) is 1.50. The van der Waals surface area contributed by atoms with Gasteiger partial charge in [0.2, 0.25) is 5.91 Å². The summed E-state index contributed by atoms with van der Waals surface area (Å²) < 4.78 is 15.0. The van der Waals surface area contributed by atoms with E-state index in [2.05, 4.69) is 0 Å². The van der Waals surface area contributed by atoms with Gasteiger partial charge in [0.25, 0.3) is 0 Å². The van der Waals surface area contributed by atoms with Crippen LogP contribution in [0, 0.1) is 0 Å². The van der Waals surface area contributed by atoms with Crippen LogP contribution in [0.2, 0.25) is 0 Å². The molecule has 0 bridgehead atoms. The van der Waals surface area contributed by atoms with E-state index in [1.807, 2.05) is 13.8 Å². The van der Waals surface area contributed by atoms with Crippen molar-refractivity contribution in [3.05, 3.63) is 0 Å². The van der Waals surface area contributed by atoms with Gasteiger partial charge in [-0.05, 0) is 12.8 Å². The highest BCUT2D eigenvalue weighted by Crippen LogP contribution is 1.90. The zero-order chi connectivity index (χ0) is 12.6. The van der Waals surface area contributed by atoms with E-state index in [1.165, 1.54) is 0 Å². The lowest BCUT2D eigenvalue weighted by molar-refractivity contribution is -0.123. The molecule has 0 radical (unpaired) electrons. The van der Waals surface area contributed by atoms with Gasteiger partial charge in [0.15, 0.2) is 0 Å². The summed E-state index contributed by atoms with van der Waals surface area (Å²) in [7, 11) is 1.68. The Labute approximate surface area is 98.2 Å². The number of carbonyl (C=O) groups excluding carboxylic acids is 1. The van der Waals surface area contributed by atoms with E-state index in [-0.39, 0.29) is 6.61 Å². The van der Waals surface area contributed by atoms with Crippen LogP contribution in [0.5, 0.6) is 0 Å². The second kappa shape index (κ2) is 16.8. The number of primary amides is 1. The molecule has 0 saturated carbocycles. The van der Waals surface area contributed by atoms with E-state index in [9.17, 15) is 4.79 Å². The Bertz CT molecular complexity index is 142. The number of methoxy groups -OCH3 is 1. The van der Waals surface area contributed by atoms with Gasteiger partial charge in [-0.1, -0.05) is 13.8 Å². The molecule has 16 heavy (non-hydrogen) atoms. The first-order chi connectivity index (χ1) is 7.77. The van der Waals surface area contributed by atoms with Crippen LogP contribution < -0.4 is 5.73 Å². The highest BCUT2D eigenvalue weighted by Gasteiger charge is 1.93. The predicted molar refractivity (Wildman–Crippen MR) is 63.3 cm³/mol. The van der Waals surface area contributed by atoms with Gasteiger partial charge in [0.1, 0.15) is 6.61 Å². The van der Waals surface area contributed by atoms with Crippen LogP contribution in [-0.2, 0) is 19.0 Å². The van der Waals surface area contributed by atoms with Crippen molar-refractivity contribution in [1.82, 2.24) is 0 Å². The van der Waals surface area contributed by atoms with E-state index < -0.39 is 5.91 Å². The van der Waals surface area contributed by atoms with Crippen molar-refractivity contribution in [3.63, 3.8) is 0 Å². The molecule has 0 rings (SSSR count). The topological polar surface area (TPSA) is 70.8 Å². The SMILES string of the molecule is CC.COCCCCOCCOCC(N)=O. The molecule has 0 spiro atoms. The number of rotatable bonds is 10. The van der Waals surface area contributed by atoms with Gasteiger partial charge in [0, 0.05) is 20.3 Å². The van der Waals surface area contributed by atoms with Gasteiger partial charge in [-0.2, -0.15) is 0 Å². The molecule has 0 aromatic rings. The van der Waals surface area contributed by atoms with Crippen LogP contribution in [0.25, 0.3) is 0 Å². The van der Waals surface area contributed by atoms with E-state index >= 15 is 0 Å². The number of carbonyl (C=O) groups is 1. The molecule has 0 aromatic heterocycles. The van der Waals surface area contributed by atoms with Crippen molar-refractivity contribution >= 4 is 5.91 Å². The zero-order valence-electron chi connectivity index (χ0n) is 10.7. The Morgan fingerprint density at radius 3 is 2.12 bits per heavy atom. The van der Waals surface area contributed by atoms with Crippen LogP contribution in [0.15, 0.2) is 0 Å². The quantitative estimate of drug-likeness (QED) is 0.572. The Kier molecular flexibility index (Phi) is 18.6. The average Bonchev–Trinajstić information content (AvgIpc) is 2.29. The van der Waals surface area contributed by atoms with Crippen LogP contribution in [0.1, 0.15) is 26.7 Å². The normalized spacial score (nSPS) is 9.44. The molecule has 0 aromatic carbocycles. The lowest BCUT2D eigenvalue weighted by Gasteiger charge is -2.04. The van der Waals surface area contributed by atoms with Crippen LogP contribution in [0.3, 0.4) is 0 Å². The van der Waals surface area contributed by atoms with Crippen molar-refractivity contribution in [2.75, 3.05) is 40.1 Å². The van der Waals surface area contributed by atoms with Gasteiger partial charge < -0.3 is 19.9 Å². The molecule has 98 valence electrons. The molecule has 0 unspecified atom stereocenters. The molecule has 0 aliphatic carbocycles. The van der Waals surface area contributed by atoms with E-state index in [4.69, 9.17) is 19.9 Å². The van der Waals surface area contributed by atoms with Crippen molar-refractivity contribution in [2.24, 2.45) is 5.73 Å². The maximum absolute atomic E-state index is 10.2. The number of hydrogen-bond donors (Lipinski definition) is 1. The average molecular weight is 235 g/mol. The van der Waals surface area contributed by atoms with E-state index in [1.54, 1.807) is 7.11 Å². The molecule has 2 N–H and O–H groups in total. The van der Waals surface area contributed by atoms with E-state index in [0.717, 1.165) is 19.4 Å². The predicted octanol–water partition coefficient (Wildman–Crippen LogP) is 0.958. The van der Waals surface area contributed by atoms with Crippen molar-refractivity contribution < 1.29 is 19.0 Å². The maximum atomic E-state index is 10.2. The van der Waals surface area contributed by atoms with Gasteiger partial charge in [-0.25, -0.2) is 0 Å². The number of amides is 1. The zero-order valence-corrected chi connectivity index (χ0v) is 10.7. The minimum atomic E-state index is -0.454. The molecular formula is C11H25NO4. The molecule has 0 fully saturated rings. The van der Waals surface area contributed by atoms with Crippen LogP contribution >= 0.6 is 0 Å². The minimum absolute atomic E-state index is 0.0347. The Morgan fingerprint density at radius 1 is 1.00 bits per heavy atom. The van der Waals surface area contributed by atoms with Crippen molar-refractivity contribution in [2.45, 2.75) is 26.7 Å². The standard InChI is InChI=1S/C9H19NO4.C2H6/c1-12-4-2-3-5-13-6-7-14-8-9(10)11;1-2/h2-8H2,1H3,(H2,10,11);1-2H3. The first-order valence-corrected chi connectivity index (χ1v) is 5.70. The van der Waals surface area contributed by atoms with Crippen LogP contribution in [-0.4, -0.2) is 46.1 Å². The molecule has 0 heterocycles. The van der Waals surface area contributed by atoms with Crippen molar-refractivity contribution in [3.8, 4) is 0 Å². The monoisotopic (exact) mass is 235 g/mol. The third-order valence-corrected chi connectivity index (χ3v) is 1.50. The lowest BCUT2D eigenvalue weighted by atomic mass is 10.3. The summed E-state index contributed by atoms with van der Waals surface area (Å²) in [6, 6.07) is 0. The molecule has 0 aliphatic rings. The lowest BCUT2D eigenvalue weighted by Crippen LogP contribution is -2.19. The Balaban J connectivity index is 0. The molecular weight excluding hydrogens is 210 g/mol. The molecule has 0 aliphatic heterocycles. The summed E-state index contributed by atoms with van der Waals surface area (Å²) in [5.74, 6) is -0.454. The number of ether oxygens (including phenoxy) is 3. The summed E-state index contributed by atoms with van der Waals surface area (Å²) in [5, 5.41) is 0. The second-order valence-electron chi connectivity index (χ2n) is 2.83. The van der Waals surface area contributed by atoms with Crippen LogP contribution in [0.4, 0.5) is 0 Å². The van der Waals surface area contributed by atoms with Crippen molar-refractivity contribution in [1.29, 1.82) is 0 Å². The molecule has 0 atom stereocenters. The summed E-state index contributed by atoms with van der Waals surface area (Å²) in [6.07, 6.45) is 1.97. The summed E-state index contributed by atoms with van der Waals surface area (Å²) in [5.41, 5.74) is 4.87. The first kappa shape index (κ1) is 17.7.